The largest absolute Gasteiger partial charge is 0.489 e. The van der Waals surface area contributed by atoms with E-state index in [0.717, 1.165) is 13.0 Å². The second kappa shape index (κ2) is 5.88. The van der Waals surface area contributed by atoms with Crippen LogP contribution in [-0.2, 0) is 0 Å². The molecule has 1 N–H and O–H groups in total. The molecule has 1 aromatic carbocycles. The maximum absolute atomic E-state index is 12.1. The number of rotatable bonds is 4. The Labute approximate surface area is 113 Å². The molecule has 2 rings (SSSR count). The summed E-state index contributed by atoms with van der Waals surface area (Å²) in [5.74, 6) is 0.462. The van der Waals surface area contributed by atoms with Gasteiger partial charge in [0.25, 0.3) is 0 Å². The van der Waals surface area contributed by atoms with Gasteiger partial charge in [-0.25, -0.2) is 0 Å². The van der Waals surface area contributed by atoms with E-state index >= 15 is 0 Å². The van der Waals surface area contributed by atoms with Crippen molar-refractivity contribution in [3.05, 3.63) is 23.2 Å². The highest BCUT2D eigenvalue weighted by Crippen LogP contribution is 2.28. The van der Waals surface area contributed by atoms with E-state index < -0.39 is 12.8 Å². The number of alkyl halides is 3. The molecular weight excluding hydrogens is 283 g/mol. The lowest BCUT2D eigenvalue weighted by atomic mass is 10.3. The first-order valence-electron chi connectivity index (χ1n) is 5.80. The highest BCUT2D eigenvalue weighted by Gasteiger charge is 2.28. The predicted molar refractivity (Wildman–Crippen MR) is 64.9 cm³/mol. The summed E-state index contributed by atoms with van der Waals surface area (Å²) in [5, 5.41) is 3.41. The third-order valence-electron chi connectivity index (χ3n) is 2.57. The van der Waals surface area contributed by atoms with E-state index in [9.17, 15) is 13.2 Å². The minimum atomic E-state index is -4.38. The lowest BCUT2D eigenvalue weighted by molar-refractivity contribution is -0.153. The fourth-order valence-electron chi connectivity index (χ4n) is 1.77. The zero-order valence-corrected chi connectivity index (χ0v) is 10.7. The zero-order valence-electron chi connectivity index (χ0n) is 9.97. The van der Waals surface area contributed by atoms with Gasteiger partial charge in [0.1, 0.15) is 17.6 Å². The van der Waals surface area contributed by atoms with Gasteiger partial charge in [-0.2, -0.15) is 13.2 Å². The van der Waals surface area contributed by atoms with Gasteiger partial charge in [0.2, 0.25) is 0 Å². The van der Waals surface area contributed by atoms with Crippen LogP contribution < -0.4 is 14.8 Å². The lowest BCUT2D eigenvalue weighted by Crippen LogP contribution is -2.20. The summed E-state index contributed by atoms with van der Waals surface area (Å²) in [5.41, 5.74) is 0. The summed E-state index contributed by atoms with van der Waals surface area (Å²) in [4.78, 5) is 0. The van der Waals surface area contributed by atoms with Gasteiger partial charge in [-0.1, -0.05) is 11.6 Å². The molecule has 0 bridgehead atoms. The quantitative estimate of drug-likeness (QED) is 0.926. The molecule has 0 unspecified atom stereocenters. The van der Waals surface area contributed by atoms with E-state index in [1.165, 1.54) is 12.1 Å². The Hall–Kier alpha value is -1.14. The standard InChI is InChI=1S/C12H13ClF3NO2/c13-8-3-10(18-7-12(14,15)16)5-11(4-8)19-9-1-2-17-6-9/h3-5,9,17H,1-2,6-7H2/t9-/m0/s1. The van der Waals surface area contributed by atoms with Gasteiger partial charge in [-0.3, -0.25) is 0 Å². The van der Waals surface area contributed by atoms with Crippen molar-refractivity contribution in [2.45, 2.75) is 18.7 Å². The average Bonchev–Trinajstić information content (AvgIpc) is 2.77. The van der Waals surface area contributed by atoms with Crippen LogP contribution in [0.25, 0.3) is 0 Å². The summed E-state index contributed by atoms with van der Waals surface area (Å²) in [6, 6.07) is 4.29. The molecule has 0 saturated carbocycles. The van der Waals surface area contributed by atoms with Gasteiger partial charge in [0.15, 0.2) is 6.61 Å². The van der Waals surface area contributed by atoms with Crippen LogP contribution in [0.2, 0.25) is 5.02 Å². The molecule has 19 heavy (non-hydrogen) atoms. The number of halogens is 4. The topological polar surface area (TPSA) is 30.5 Å². The molecule has 7 heteroatoms. The summed E-state index contributed by atoms with van der Waals surface area (Å²) in [7, 11) is 0. The predicted octanol–water partition coefficient (Wildman–Crippen LogP) is 3.02. The summed E-state index contributed by atoms with van der Waals surface area (Å²) in [6.45, 7) is 0.228. The molecule has 1 heterocycles. The van der Waals surface area contributed by atoms with Crippen LogP contribution in [0.5, 0.6) is 11.5 Å². The first-order chi connectivity index (χ1) is 8.92. The Kier molecular flexibility index (Phi) is 4.42. The number of benzene rings is 1. The van der Waals surface area contributed by atoms with E-state index in [0.29, 0.717) is 12.3 Å². The van der Waals surface area contributed by atoms with Crippen molar-refractivity contribution in [1.82, 2.24) is 5.32 Å². The fraction of sp³-hybridized carbons (Fsp3) is 0.500. The Morgan fingerprint density at radius 3 is 2.63 bits per heavy atom. The highest BCUT2D eigenvalue weighted by atomic mass is 35.5. The van der Waals surface area contributed by atoms with Crippen molar-refractivity contribution in [2.24, 2.45) is 0 Å². The van der Waals surface area contributed by atoms with Crippen LogP contribution in [0.1, 0.15) is 6.42 Å². The van der Waals surface area contributed by atoms with Crippen LogP contribution in [0.4, 0.5) is 13.2 Å². The van der Waals surface area contributed by atoms with Gasteiger partial charge < -0.3 is 14.8 Å². The number of ether oxygens (including phenoxy) is 2. The molecule has 1 fully saturated rings. The van der Waals surface area contributed by atoms with E-state index in [2.05, 4.69) is 10.1 Å². The zero-order chi connectivity index (χ0) is 13.9. The molecule has 0 radical (unpaired) electrons. The molecule has 1 aliphatic heterocycles. The molecule has 0 amide bonds. The van der Waals surface area contributed by atoms with Crippen molar-refractivity contribution in [3.8, 4) is 11.5 Å². The molecule has 0 aromatic heterocycles. The fourth-order valence-corrected chi connectivity index (χ4v) is 1.99. The second-order valence-corrected chi connectivity index (χ2v) is 4.70. The summed E-state index contributed by atoms with van der Waals surface area (Å²) < 4.78 is 46.5. The van der Waals surface area contributed by atoms with Crippen molar-refractivity contribution in [2.75, 3.05) is 19.7 Å². The molecule has 1 aromatic rings. The Bertz CT molecular complexity index is 433. The van der Waals surface area contributed by atoms with Gasteiger partial charge in [-0.05, 0) is 25.1 Å². The third-order valence-corrected chi connectivity index (χ3v) is 2.78. The van der Waals surface area contributed by atoms with Crippen LogP contribution in [0.15, 0.2) is 18.2 Å². The molecule has 1 atom stereocenters. The van der Waals surface area contributed by atoms with Crippen molar-refractivity contribution < 1.29 is 22.6 Å². The highest BCUT2D eigenvalue weighted by molar-refractivity contribution is 6.30. The number of nitrogens with one attached hydrogen (secondary N) is 1. The van der Waals surface area contributed by atoms with Gasteiger partial charge in [-0.15, -0.1) is 0 Å². The van der Waals surface area contributed by atoms with Crippen molar-refractivity contribution in [3.63, 3.8) is 0 Å². The normalized spacial score (nSPS) is 19.5. The van der Waals surface area contributed by atoms with Gasteiger partial charge in [0, 0.05) is 17.6 Å². The SMILES string of the molecule is FC(F)(F)COc1cc(Cl)cc(O[C@H]2CCNC2)c1. The van der Waals surface area contributed by atoms with E-state index in [4.69, 9.17) is 16.3 Å². The van der Waals surface area contributed by atoms with E-state index in [1.807, 2.05) is 0 Å². The molecule has 0 spiro atoms. The summed E-state index contributed by atoms with van der Waals surface area (Å²) >= 11 is 5.83. The lowest BCUT2D eigenvalue weighted by Gasteiger charge is -2.15. The first-order valence-corrected chi connectivity index (χ1v) is 6.18. The summed E-state index contributed by atoms with van der Waals surface area (Å²) in [6.07, 6.45) is -3.52. The smallest absolute Gasteiger partial charge is 0.422 e. The van der Waals surface area contributed by atoms with Crippen LogP contribution in [-0.4, -0.2) is 32.0 Å². The second-order valence-electron chi connectivity index (χ2n) is 4.26. The van der Waals surface area contributed by atoms with Crippen LogP contribution >= 0.6 is 11.6 Å². The molecule has 0 aliphatic carbocycles. The van der Waals surface area contributed by atoms with Gasteiger partial charge >= 0.3 is 6.18 Å². The monoisotopic (exact) mass is 295 g/mol. The minimum Gasteiger partial charge on any atom is -0.489 e. The number of hydrogen-bond donors (Lipinski definition) is 1. The van der Waals surface area contributed by atoms with Crippen LogP contribution in [0.3, 0.4) is 0 Å². The Morgan fingerprint density at radius 2 is 2.00 bits per heavy atom. The van der Waals surface area contributed by atoms with E-state index in [-0.39, 0.29) is 16.9 Å². The molecule has 1 aliphatic rings. The molecular formula is C12H13ClF3NO2. The average molecular weight is 296 g/mol. The van der Waals surface area contributed by atoms with Crippen molar-refractivity contribution in [1.29, 1.82) is 0 Å². The Balaban J connectivity index is 2.01. The van der Waals surface area contributed by atoms with Gasteiger partial charge in [0.05, 0.1) is 0 Å². The molecule has 3 nitrogen and oxygen atoms in total. The first kappa shape index (κ1) is 14.3. The minimum absolute atomic E-state index is 0.00827. The molecule has 1 saturated heterocycles. The maximum Gasteiger partial charge on any atom is 0.422 e. The van der Waals surface area contributed by atoms with Crippen LogP contribution in [0, 0.1) is 0 Å². The van der Waals surface area contributed by atoms with E-state index in [1.54, 1.807) is 6.07 Å². The van der Waals surface area contributed by atoms with Crippen molar-refractivity contribution >= 4 is 11.6 Å². The molecule has 106 valence electrons. The maximum atomic E-state index is 12.1. The number of hydrogen-bond acceptors (Lipinski definition) is 3. The third kappa shape index (κ3) is 4.80. The Morgan fingerprint density at radius 1 is 1.26 bits per heavy atom.